The Labute approximate surface area is 190 Å². The average molecular weight is 439 g/mol. The predicted octanol–water partition coefficient (Wildman–Crippen LogP) is 5.18. The van der Waals surface area contributed by atoms with Gasteiger partial charge in [0.05, 0.1) is 6.26 Å². The van der Waals surface area contributed by atoms with Gasteiger partial charge in [-0.3, -0.25) is 9.59 Å². The zero-order valence-corrected chi connectivity index (χ0v) is 17.8. The molecule has 0 unspecified atom stereocenters. The van der Waals surface area contributed by atoms with Crippen molar-refractivity contribution < 1.29 is 18.7 Å². The van der Waals surface area contributed by atoms with Gasteiger partial charge < -0.3 is 19.8 Å². The second-order valence-corrected chi connectivity index (χ2v) is 7.15. The highest BCUT2D eigenvalue weighted by molar-refractivity contribution is 6.10. The van der Waals surface area contributed by atoms with Crippen LogP contribution in [0.15, 0.2) is 101 Å². The van der Waals surface area contributed by atoms with Crippen LogP contribution in [0, 0.1) is 6.92 Å². The third-order valence-electron chi connectivity index (χ3n) is 4.58. The maximum Gasteiger partial charge on any atom is 0.272 e. The number of hydrogen-bond donors (Lipinski definition) is 2. The first-order chi connectivity index (χ1) is 16.1. The summed E-state index contributed by atoms with van der Waals surface area (Å²) in [5.74, 6) is 0.586. The predicted molar refractivity (Wildman–Crippen MR) is 125 cm³/mol. The average Bonchev–Trinajstić information content (AvgIpc) is 3.35. The zero-order chi connectivity index (χ0) is 23.0. The van der Waals surface area contributed by atoms with Gasteiger partial charge in [-0.25, -0.2) is 4.98 Å². The Hall–Kier alpha value is -4.65. The Morgan fingerprint density at radius 2 is 1.73 bits per heavy atom. The number of rotatable bonds is 7. The molecule has 0 saturated carbocycles. The van der Waals surface area contributed by atoms with Gasteiger partial charge in [0, 0.05) is 29.6 Å². The molecule has 2 heterocycles. The maximum absolute atomic E-state index is 12.9. The van der Waals surface area contributed by atoms with Crippen LogP contribution in [0.2, 0.25) is 0 Å². The van der Waals surface area contributed by atoms with Crippen LogP contribution in [0.3, 0.4) is 0 Å². The smallest absolute Gasteiger partial charge is 0.272 e. The molecule has 2 N–H and O–H groups in total. The Kier molecular flexibility index (Phi) is 6.61. The van der Waals surface area contributed by atoms with E-state index in [1.165, 1.54) is 12.3 Å². The summed E-state index contributed by atoms with van der Waals surface area (Å²) in [5, 5.41) is 5.43. The molecular weight excluding hydrogens is 418 g/mol. The highest BCUT2D eigenvalue weighted by Crippen LogP contribution is 2.22. The van der Waals surface area contributed by atoms with Crippen molar-refractivity contribution in [1.82, 2.24) is 10.3 Å². The number of nitrogens with zero attached hydrogens (tertiary/aromatic N) is 1. The van der Waals surface area contributed by atoms with Crippen LogP contribution in [-0.4, -0.2) is 16.8 Å². The number of nitrogens with one attached hydrogen (secondary N) is 2. The fraction of sp³-hybridized carbons (Fsp3) is 0.0385. The highest BCUT2D eigenvalue weighted by atomic mass is 16.5. The molecule has 0 atom stereocenters. The summed E-state index contributed by atoms with van der Waals surface area (Å²) >= 11 is 0. The minimum Gasteiger partial charge on any atom is -0.465 e. The van der Waals surface area contributed by atoms with E-state index in [4.69, 9.17) is 9.15 Å². The van der Waals surface area contributed by atoms with Crippen molar-refractivity contribution in [3.05, 3.63) is 114 Å². The lowest BCUT2D eigenvalue weighted by molar-refractivity contribution is -0.113. The molecular formula is C26H21N3O4. The Bertz CT molecular complexity index is 1250. The number of pyridine rings is 1. The number of amides is 2. The van der Waals surface area contributed by atoms with E-state index in [-0.39, 0.29) is 5.70 Å². The number of aromatic nitrogens is 1. The van der Waals surface area contributed by atoms with Crippen LogP contribution in [-0.2, 0) is 4.79 Å². The van der Waals surface area contributed by atoms with Crippen molar-refractivity contribution in [2.45, 2.75) is 6.92 Å². The molecule has 0 aliphatic rings. The zero-order valence-electron chi connectivity index (χ0n) is 17.8. The topological polar surface area (TPSA) is 93.5 Å². The summed E-state index contributed by atoms with van der Waals surface area (Å²) in [6.45, 7) is 1.95. The number of carbonyl (C=O) groups is 2. The first kappa shape index (κ1) is 21.6. The highest BCUT2D eigenvalue weighted by Gasteiger charge is 2.15. The monoisotopic (exact) mass is 439 g/mol. The van der Waals surface area contributed by atoms with E-state index in [0.717, 1.165) is 5.56 Å². The lowest BCUT2D eigenvalue weighted by Crippen LogP contribution is -2.30. The van der Waals surface area contributed by atoms with E-state index in [1.54, 1.807) is 72.9 Å². The Balaban J connectivity index is 1.47. The van der Waals surface area contributed by atoms with Crippen LogP contribution < -0.4 is 15.4 Å². The number of carbonyl (C=O) groups excluding carboxylic acids is 2. The number of aryl methyl sites for hydroxylation is 1. The third-order valence-corrected chi connectivity index (χ3v) is 4.58. The molecule has 0 saturated heterocycles. The molecule has 2 amide bonds. The van der Waals surface area contributed by atoms with Crippen LogP contribution in [0.1, 0.15) is 21.7 Å². The molecule has 0 spiro atoms. The molecule has 0 aliphatic carbocycles. The number of furan rings is 1. The second-order valence-electron chi connectivity index (χ2n) is 7.15. The molecule has 164 valence electrons. The molecule has 2 aromatic carbocycles. The number of benzene rings is 2. The summed E-state index contributed by atoms with van der Waals surface area (Å²) in [7, 11) is 0. The van der Waals surface area contributed by atoms with Gasteiger partial charge in [0.25, 0.3) is 11.8 Å². The van der Waals surface area contributed by atoms with Crippen molar-refractivity contribution in [1.29, 1.82) is 0 Å². The Morgan fingerprint density at radius 1 is 0.939 bits per heavy atom. The van der Waals surface area contributed by atoms with E-state index in [9.17, 15) is 9.59 Å². The lowest BCUT2D eigenvalue weighted by atomic mass is 10.2. The van der Waals surface area contributed by atoms with Crippen LogP contribution >= 0.6 is 0 Å². The van der Waals surface area contributed by atoms with Crippen molar-refractivity contribution in [3.63, 3.8) is 0 Å². The van der Waals surface area contributed by atoms with Crippen molar-refractivity contribution in [3.8, 4) is 11.6 Å². The molecule has 7 nitrogen and oxygen atoms in total. The van der Waals surface area contributed by atoms with Gasteiger partial charge in [0.1, 0.15) is 17.2 Å². The van der Waals surface area contributed by atoms with Gasteiger partial charge in [0.15, 0.2) is 0 Å². The van der Waals surface area contributed by atoms with E-state index < -0.39 is 11.8 Å². The van der Waals surface area contributed by atoms with E-state index in [2.05, 4.69) is 15.6 Å². The van der Waals surface area contributed by atoms with Crippen molar-refractivity contribution >= 4 is 23.6 Å². The summed E-state index contributed by atoms with van der Waals surface area (Å²) in [6, 6.07) is 22.6. The van der Waals surface area contributed by atoms with Crippen LogP contribution in [0.4, 0.5) is 5.69 Å². The van der Waals surface area contributed by atoms with Gasteiger partial charge in [-0.15, -0.1) is 0 Å². The molecule has 7 heteroatoms. The minimum absolute atomic E-state index is 0.0444. The van der Waals surface area contributed by atoms with Gasteiger partial charge in [0.2, 0.25) is 5.88 Å². The van der Waals surface area contributed by atoms with E-state index in [0.29, 0.717) is 28.6 Å². The normalized spacial score (nSPS) is 11.0. The summed E-state index contributed by atoms with van der Waals surface area (Å²) in [6.07, 6.45) is 4.68. The quantitative estimate of drug-likeness (QED) is 0.387. The third kappa shape index (κ3) is 5.95. The van der Waals surface area contributed by atoms with Crippen LogP contribution in [0.5, 0.6) is 11.6 Å². The molecule has 4 aromatic rings. The van der Waals surface area contributed by atoms with Crippen molar-refractivity contribution in [2.24, 2.45) is 0 Å². The van der Waals surface area contributed by atoms with Crippen molar-refractivity contribution in [2.75, 3.05) is 5.32 Å². The van der Waals surface area contributed by atoms with E-state index >= 15 is 0 Å². The first-order valence-corrected chi connectivity index (χ1v) is 10.2. The largest absolute Gasteiger partial charge is 0.465 e. The van der Waals surface area contributed by atoms with E-state index in [1.807, 2.05) is 19.1 Å². The molecule has 4 rings (SSSR count). The Morgan fingerprint density at radius 3 is 2.39 bits per heavy atom. The lowest BCUT2D eigenvalue weighted by Gasteiger charge is -2.11. The SMILES string of the molecule is Cc1ccc(Oc2ccc(NC(=O)/C(=C/c3ccco3)NC(=O)c3ccccc3)cc2)nc1. The molecule has 2 aromatic heterocycles. The summed E-state index contributed by atoms with van der Waals surface area (Å²) < 4.78 is 11.0. The number of anilines is 1. The molecule has 0 aliphatic heterocycles. The van der Waals surface area contributed by atoms with Gasteiger partial charge in [-0.05, 0) is 61.0 Å². The molecule has 0 radical (unpaired) electrons. The molecule has 33 heavy (non-hydrogen) atoms. The standard InChI is InChI=1S/C26H21N3O4/c1-18-9-14-24(27-17-18)33-21-12-10-20(11-13-21)28-26(31)23(16-22-8-5-15-32-22)29-25(30)19-6-3-2-4-7-19/h2-17H,1H3,(H,28,31)(H,29,30)/b23-16-. The molecule has 0 bridgehead atoms. The maximum atomic E-state index is 12.9. The fourth-order valence-electron chi connectivity index (χ4n) is 2.90. The number of ether oxygens (including phenoxy) is 1. The van der Waals surface area contributed by atoms with Crippen LogP contribution in [0.25, 0.3) is 6.08 Å². The minimum atomic E-state index is -0.496. The first-order valence-electron chi connectivity index (χ1n) is 10.2. The summed E-state index contributed by atoms with van der Waals surface area (Å²) in [4.78, 5) is 29.7. The number of hydrogen-bond acceptors (Lipinski definition) is 5. The fourth-order valence-corrected chi connectivity index (χ4v) is 2.90. The van der Waals surface area contributed by atoms with Gasteiger partial charge in [-0.1, -0.05) is 24.3 Å². The summed E-state index contributed by atoms with van der Waals surface area (Å²) in [5.41, 5.74) is 2.05. The molecule has 0 fully saturated rings. The second kappa shape index (κ2) is 10.1. The van der Waals surface area contributed by atoms with Gasteiger partial charge >= 0.3 is 0 Å². The van der Waals surface area contributed by atoms with Gasteiger partial charge in [-0.2, -0.15) is 0 Å².